The summed E-state index contributed by atoms with van der Waals surface area (Å²) in [5, 5.41) is 0.871. The van der Waals surface area contributed by atoms with Gasteiger partial charge >= 0.3 is 5.76 Å². The minimum absolute atomic E-state index is 0.434. The van der Waals surface area contributed by atoms with Gasteiger partial charge in [0.05, 0.1) is 12.5 Å². The number of hydrogen-bond donors (Lipinski definition) is 0. The number of hydrogen-bond acceptors (Lipinski definition) is 3. The van der Waals surface area contributed by atoms with Gasteiger partial charge in [-0.25, -0.2) is 0 Å². The van der Waals surface area contributed by atoms with Gasteiger partial charge in [-0.15, -0.1) is 0 Å². The average molecular weight is 268 g/mol. The maximum absolute atomic E-state index is 12.2. The van der Waals surface area contributed by atoms with Crippen molar-refractivity contribution in [3.05, 3.63) is 64.8 Å². The van der Waals surface area contributed by atoms with Crippen LogP contribution in [0, 0.1) is 6.92 Å². The van der Waals surface area contributed by atoms with Crippen LogP contribution in [0.15, 0.2) is 57.9 Å². The lowest BCUT2D eigenvalue weighted by molar-refractivity contribution is -0.623. The van der Waals surface area contributed by atoms with Crippen molar-refractivity contribution in [3.8, 4) is 11.4 Å². The van der Waals surface area contributed by atoms with Crippen molar-refractivity contribution in [2.75, 3.05) is 7.11 Å². The lowest BCUT2D eigenvalue weighted by Gasteiger charge is -2.03. The molecule has 0 bridgehead atoms. The van der Waals surface area contributed by atoms with Crippen molar-refractivity contribution >= 4 is 11.0 Å². The first-order valence-electron chi connectivity index (χ1n) is 6.29. The van der Waals surface area contributed by atoms with Crippen LogP contribution in [-0.2, 0) is 0 Å². The molecule has 0 aliphatic carbocycles. The molecule has 0 unspecified atom stereocenters. The van der Waals surface area contributed by atoms with E-state index in [1.54, 1.807) is 13.3 Å². The summed E-state index contributed by atoms with van der Waals surface area (Å²) < 4.78 is 12.2. The molecule has 0 atom stereocenters. The maximum atomic E-state index is 12.2. The van der Waals surface area contributed by atoms with Gasteiger partial charge in [-0.1, -0.05) is 28.8 Å². The van der Waals surface area contributed by atoms with Crippen LogP contribution in [-0.4, -0.2) is 7.11 Å². The quantitative estimate of drug-likeness (QED) is 0.670. The third-order valence-corrected chi connectivity index (χ3v) is 3.24. The molecule has 100 valence electrons. The van der Waals surface area contributed by atoms with Gasteiger partial charge in [0.15, 0.2) is 17.5 Å². The van der Waals surface area contributed by atoms with E-state index in [9.17, 15) is 4.79 Å². The molecule has 0 saturated heterocycles. The Bertz CT molecular complexity index is 836. The molecule has 0 N–H and O–H groups in total. The van der Waals surface area contributed by atoms with E-state index in [1.165, 1.54) is 4.57 Å². The zero-order valence-corrected chi connectivity index (χ0v) is 11.3. The summed E-state index contributed by atoms with van der Waals surface area (Å²) in [5.41, 5.74) is 2.21. The largest absolute Gasteiger partial charge is 0.608 e. The monoisotopic (exact) mass is 268 g/mol. The van der Waals surface area contributed by atoms with Crippen molar-refractivity contribution in [2.45, 2.75) is 6.92 Å². The highest BCUT2D eigenvalue weighted by molar-refractivity contribution is 5.77. The molecule has 3 aromatic rings. The van der Waals surface area contributed by atoms with E-state index >= 15 is 0 Å². The smallest absolute Gasteiger partial charge is 0.490 e. The van der Waals surface area contributed by atoms with E-state index in [2.05, 4.69) is 0 Å². The predicted octanol–water partition coefficient (Wildman–Crippen LogP) is 2.39. The summed E-state index contributed by atoms with van der Waals surface area (Å²) in [6.45, 7) is 1.92. The molecule has 0 amide bonds. The normalized spacial score (nSPS) is 10.7. The summed E-state index contributed by atoms with van der Waals surface area (Å²) in [4.78, 5) is 12.2. The highest BCUT2D eigenvalue weighted by Crippen LogP contribution is 2.18. The van der Waals surface area contributed by atoms with Gasteiger partial charge in [0.1, 0.15) is 0 Å². The lowest BCUT2D eigenvalue weighted by atomic mass is 10.2. The number of methoxy groups -OCH3 is 1. The van der Waals surface area contributed by atoms with Crippen LogP contribution in [0.25, 0.3) is 16.7 Å². The highest BCUT2D eigenvalue weighted by Gasteiger charge is 2.20. The molecule has 1 aromatic heterocycles. The third kappa shape index (κ3) is 1.95. The van der Waals surface area contributed by atoms with Crippen LogP contribution >= 0.6 is 0 Å². The van der Waals surface area contributed by atoms with Crippen molar-refractivity contribution in [3.63, 3.8) is 0 Å². The molecule has 20 heavy (non-hydrogen) atoms. The molecule has 4 nitrogen and oxygen atoms in total. The Hall–Kier alpha value is -2.62. The van der Waals surface area contributed by atoms with Crippen LogP contribution in [0.4, 0.5) is 0 Å². The second kappa shape index (κ2) is 4.81. The number of aryl methyl sites for hydroxylation is 1. The van der Waals surface area contributed by atoms with E-state index < -0.39 is 5.76 Å². The molecular formula is C16H14NO3+. The fourth-order valence-corrected chi connectivity index (χ4v) is 2.24. The third-order valence-electron chi connectivity index (χ3n) is 3.24. The first-order chi connectivity index (χ1) is 9.70. The van der Waals surface area contributed by atoms with Crippen molar-refractivity contribution in [1.82, 2.24) is 0 Å². The number of aromatic nitrogens is 1. The SMILES string of the molecule is COc1ccccc1-[n+]1cc2cccc(C)c2oc1=O. The number of benzene rings is 2. The van der Waals surface area contributed by atoms with Gasteiger partial charge in [-0.05, 0) is 24.6 Å². The van der Waals surface area contributed by atoms with Crippen molar-refractivity contribution in [2.24, 2.45) is 0 Å². The molecular weight excluding hydrogens is 254 g/mol. The maximum Gasteiger partial charge on any atom is 0.608 e. The minimum atomic E-state index is -0.434. The van der Waals surface area contributed by atoms with E-state index in [1.807, 2.05) is 49.4 Å². The number of fused-ring (bicyclic) bond motifs is 1. The van der Waals surface area contributed by atoms with E-state index in [4.69, 9.17) is 9.15 Å². The predicted molar refractivity (Wildman–Crippen MR) is 75.3 cm³/mol. The van der Waals surface area contributed by atoms with Gasteiger partial charge in [0.2, 0.25) is 0 Å². The van der Waals surface area contributed by atoms with E-state index in [0.29, 0.717) is 17.0 Å². The Morgan fingerprint density at radius 2 is 1.90 bits per heavy atom. The second-order valence-electron chi connectivity index (χ2n) is 4.53. The topological polar surface area (TPSA) is 43.3 Å². The zero-order chi connectivity index (χ0) is 14.1. The molecule has 1 heterocycles. The van der Waals surface area contributed by atoms with Crippen LogP contribution in [0.5, 0.6) is 5.75 Å². The molecule has 0 radical (unpaired) electrons. The standard InChI is InChI=1S/C16H14NO3/c1-11-6-5-7-12-10-17(16(18)20-15(11)12)13-8-3-4-9-14(13)19-2/h3-10H,1-2H3/q+1. The van der Waals surface area contributed by atoms with Crippen LogP contribution in [0.3, 0.4) is 0 Å². The molecule has 0 saturated carbocycles. The van der Waals surface area contributed by atoms with Gasteiger partial charge in [0.25, 0.3) is 5.69 Å². The Kier molecular flexibility index (Phi) is 2.99. The van der Waals surface area contributed by atoms with Crippen LogP contribution in [0.2, 0.25) is 0 Å². The summed E-state index contributed by atoms with van der Waals surface area (Å²) in [6, 6.07) is 13.1. The summed E-state index contributed by atoms with van der Waals surface area (Å²) in [5.74, 6) is 0.188. The Labute approximate surface area is 115 Å². The van der Waals surface area contributed by atoms with Crippen molar-refractivity contribution in [1.29, 1.82) is 0 Å². The molecule has 4 heteroatoms. The van der Waals surface area contributed by atoms with Gasteiger partial charge in [0, 0.05) is 6.07 Å². The Morgan fingerprint density at radius 1 is 1.10 bits per heavy atom. The van der Waals surface area contributed by atoms with Gasteiger partial charge < -0.3 is 9.15 Å². The fourth-order valence-electron chi connectivity index (χ4n) is 2.24. The number of para-hydroxylation sites is 3. The fraction of sp³-hybridized carbons (Fsp3) is 0.125. The number of ether oxygens (including phenoxy) is 1. The molecule has 0 spiro atoms. The zero-order valence-electron chi connectivity index (χ0n) is 11.3. The number of rotatable bonds is 2. The van der Waals surface area contributed by atoms with E-state index in [0.717, 1.165) is 10.9 Å². The highest BCUT2D eigenvalue weighted by atomic mass is 16.5. The van der Waals surface area contributed by atoms with Crippen LogP contribution < -0.4 is 15.1 Å². The van der Waals surface area contributed by atoms with E-state index in [-0.39, 0.29) is 0 Å². The molecule has 3 rings (SSSR count). The summed E-state index contributed by atoms with van der Waals surface area (Å²) in [7, 11) is 1.58. The molecule has 0 fully saturated rings. The first-order valence-corrected chi connectivity index (χ1v) is 6.29. The lowest BCUT2D eigenvalue weighted by Crippen LogP contribution is -2.46. The number of nitrogens with zero attached hydrogens (tertiary/aromatic N) is 1. The van der Waals surface area contributed by atoms with Gasteiger partial charge in [-0.2, -0.15) is 4.79 Å². The minimum Gasteiger partial charge on any atom is -0.490 e. The summed E-state index contributed by atoms with van der Waals surface area (Å²) >= 11 is 0. The Balaban J connectivity index is 2.32. The molecule has 0 aliphatic rings. The Morgan fingerprint density at radius 3 is 2.70 bits per heavy atom. The average Bonchev–Trinajstić information content (AvgIpc) is 2.48. The summed E-state index contributed by atoms with van der Waals surface area (Å²) in [6.07, 6.45) is 1.77. The first kappa shape index (κ1) is 12.4. The van der Waals surface area contributed by atoms with Crippen molar-refractivity contribution < 1.29 is 13.7 Å². The van der Waals surface area contributed by atoms with Crippen LogP contribution in [0.1, 0.15) is 5.56 Å². The second-order valence-corrected chi connectivity index (χ2v) is 4.53. The molecule has 2 aromatic carbocycles. The molecule has 0 aliphatic heterocycles. The van der Waals surface area contributed by atoms with Gasteiger partial charge in [-0.3, -0.25) is 0 Å².